The number of ketones is 1. The first-order chi connectivity index (χ1) is 11.5. The number of rotatable bonds is 6. The summed E-state index contributed by atoms with van der Waals surface area (Å²) >= 11 is 2.72. The van der Waals surface area contributed by atoms with E-state index in [4.69, 9.17) is 0 Å². The van der Waals surface area contributed by atoms with E-state index in [1.807, 2.05) is 11.4 Å². The predicted octanol–water partition coefficient (Wildman–Crippen LogP) is 2.08. The Bertz CT molecular complexity index is 955. The van der Waals surface area contributed by atoms with Gasteiger partial charge in [-0.25, -0.2) is 4.98 Å². The molecule has 6 nitrogen and oxygen atoms in total. The third-order valence-electron chi connectivity index (χ3n) is 3.43. The van der Waals surface area contributed by atoms with Gasteiger partial charge in [0.2, 0.25) is 5.91 Å². The minimum Gasteiger partial charge on any atom is -0.356 e. The Balaban J connectivity index is 1.70. The maximum absolute atomic E-state index is 12.4. The first-order valence-electron chi connectivity index (χ1n) is 7.33. The molecular formula is C16H15N3O3S2. The number of aromatic nitrogens is 2. The summed E-state index contributed by atoms with van der Waals surface area (Å²) in [6.07, 6.45) is 2.10. The van der Waals surface area contributed by atoms with E-state index in [9.17, 15) is 14.4 Å². The van der Waals surface area contributed by atoms with Crippen molar-refractivity contribution in [1.82, 2.24) is 14.9 Å². The maximum Gasteiger partial charge on any atom is 0.271 e. The third kappa shape index (κ3) is 3.60. The van der Waals surface area contributed by atoms with Crippen molar-refractivity contribution in [2.75, 3.05) is 6.54 Å². The maximum atomic E-state index is 12.4. The molecule has 3 aromatic heterocycles. The Labute approximate surface area is 145 Å². The Morgan fingerprint density at radius 3 is 2.92 bits per heavy atom. The minimum absolute atomic E-state index is 0.0225. The van der Waals surface area contributed by atoms with E-state index < -0.39 is 0 Å². The zero-order valence-corrected chi connectivity index (χ0v) is 14.6. The van der Waals surface area contributed by atoms with Crippen LogP contribution in [0.2, 0.25) is 0 Å². The van der Waals surface area contributed by atoms with Crippen LogP contribution in [0.5, 0.6) is 0 Å². The summed E-state index contributed by atoms with van der Waals surface area (Å²) in [4.78, 5) is 41.4. The molecule has 0 bridgehead atoms. The van der Waals surface area contributed by atoms with E-state index in [0.29, 0.717) is 28.1 Å². The number of fused-ring (bicyclic) bond motifs is 1. The van der Waals surface area contributed by atoms with Crippen molar-refractivity contribution in [3.8, 4) is 0 Å². The van der Waals surface area contributed by atoms with Crippen LogP contribution in [0.1, 0.15) is 21.5 Å². The van der Waals surface area contributed by atoms with Crippen molar-refractivity contribution < 1.29 is 9.59 Å². The second kappa shape index (κ2) is 7.06. The van der Waals surface area contributed by atoms with Gasteiger partial charge in [0.15, 0.2) is 5.78 Å². The van der Waals surface area contributed by atoms with Gasteiger partial charge in [0.1, 0.15) is 4.70 Å². The summed E-state index contributed by atoms with van der Waals surface area (Å²) in [5, 5.41) is 4.54. The van der Waals surface area contributed by atoms with E-state index in [1.54, 1.807) is 12.1 Å². The van der Waals surface area contributed by atoms with Crippen LogP contribution in [0.25, 0.3) is 10.2 Å². The zero-order valence-electron chi connectivity index (χ0n) is 12.9. The molecule has 0 aliphatic heterocycles. The van der Waals surface area contributed by atoms with Gasteiger partial charge in [-0.15, -0.1) is 22.7 Å². The standard InChI is InChI=1S/C16H15N3O3S2/c1-10(20)17-6-4-11-2-3-14(24-11)13(21)8-19-9-18-12-5-7-23-15(12)16(19)22/h2-3,5,7,9H,4,6,8H2,1H3,(H,17,20). The van der Waals surface area contributed by atoms with Crippen LogP contribution in [-0.2, 0) is 17.8 Å². The number of hydrogen-bond acceptors (Lipinski definition) is 6. The topological polar surface area (TPSA) is 81.1 Å². The Kier molecular flexibility index (Phi) is 4.86. The highest BCUT2D eigenvalue weighted by molar-refractivity contribution is 7.17. The molecule has 0 spiro atoms. The largest absolute Gasteiger partial charge is 0.356 e. The van der Waals surface area contributed by atoms with Crippen LogP contribution in [0, 0.1) is 0 Å². The van der Waals surface area contributed by atoms with Crippen LogP contribution in [-0.4, -0.2) is 27.8 Å². The van der Waals surface area contributed by atoms with Gasteiger partial charge in [-0.05, 0) is 30.0 Å². The summed E-state index contributed by atoms with van der Waals surface area (Å²) in [7, 11) is 0. The van der Waals surface area contributed by atoms with Gasteiger partial charge in [0.05, 0.1) is 23.3 Å². The van der Waals surface area contributed by atoms with Crippen molar-refractivity contribution in [1.29, 1.82) is 0 Å². The second-order valence-corrected chi connectivity index (χ2v) is 7.32. The molecule has 0 aromatic carbocycles. The monoisotopic (exact) mass is 361 g/mol. The van der Waals surface area contributed by atoms with E-state index in [1.165, 1.54) is 40.5 Å². The van der Waals surface area contributed by atoms with Crippen LogP contribution in [0.15, 0.2) is 34.7 Å². The predicted molar refractivity (Wildman–Crippen MR) is 94.9 cm³/mol. The number of amides is 1. The van der Waals surface area contributed by atoms with Gasteiger partial charge in [-0.1, -0.05) is 0 Å². The molecule has 8 heteroatoms. The highest BCUT2D eigenvalue weighted by atomic mass is 32.1. The van der Waals surface area contributed by atoms with Crippen molar-refractivity contribution in [2.45, 2.75) is 19.9 Å². The average molecular weight is 361 g/mol. The van der Waals surface area contributed by atoms with Gasteiger partial charge < -0.3 is 5.32 Å². The third-order valence-corrected chi connectivity index (χ3v) is 5.51. The summed E-state index contributed by atoms with van der Waals surface area (Å²) in [5.41, 5.74) is 0.468. The Hall–Kier alpha value is -2.32. The van der Waals surface area contributed by atoms with Crippen molar-refractivity contribution in [2.24, 2.45) is 0 Å². The van der Waals surface area contributed by atoms with E-state index in [2.05, 4.69) is 10.3 Å². The fourth-order valence-corrected chi connectivity index (χ4v) is 3.98. The molecule has 3 rings (SSSR count). The number of nitrogens with zero attached hydrogens (tertiary/aromatic N) is 2. The zero-order chi connectivity index (χ0) is 17.1. The molecule has 0 fully saturated rings. The molecule has 3 heterocycles. The lowest BCUT2D eigenvalue weighted by molar-refractivity contribution is -0.118. The minimum atomic E-state index is -0.189. The molecule has 0 saturated carbocycles. The van der Waals surface area contributed by atoms with Crippen LogP contribution in [0.4, 0.5) is 0 Å². The molecule has 0 unspecified atom stereocenters. The van der Waals surface area contributed by atoms with Gasteiger partial charge in [-0.3, -0.25) is 19.0 Å². The highest BCUT2D eigenvalue weighted by Crippen LogP contribution is 2.18. The summed E-state index contributed by atoms with van der Waals surface area (Å²) < 4.78 is 1.91. The molecule has 0 radical (unpaired) electrons. The van der Waals surface area contributed by atoms with Crippen molar-refractivity contribution in [3.05, 3.63) is 50.0 Å². The molecule has 0 aliphatic carbocycles. The molecule has 0 saturated heterocycles. The van der Waals surface area contributed by atoms with Gasteiger partial charge in [0.25, 0.3) is 5.56 Å². The van der Waals surface area contributed by atoms with Gasteiger partial charge in [0, 0.05) is 18.3 Å². The summed E-state index contributed by atoms with van der Waals surface area (Å²) in [6, 6.07) is 5.43. The number of hydrogen-bond donors (Lipinski definition) is 1. The van der Waals surface area contributed by atoms with Crippen LogP contribution >= 0.6 is 22.7 Å². The number of thiophene rings is 2. The number of carbonyl (C=O) groups excluding carboxylic acids is 2. The first-order valence-corrected chi connectivity index (χ1v) is 9.03. The molecule has 0 atom stereocenters. The van der Waals surface area contributed by atoms with E-state index in [-0.39, 0.29) is 23.8 Å². The molecule has 0 aliphatic rings. The van der Waals surface area contributed by atoms with E-state index in [0.717, 1.165) is 4.88 Å². The number of Topliss-reactive ketones (excluding diaryl/α,β-unsaturated/α-hetero) is 1. The molecular weight excluding hydrogens is 346 g/mol. The lowest BCUT2D eigenvalue weighted by Gasteiger charge is -2.03. The SMILES string of the molecule is CC(=O)NCCc1ccc(C(=O)Cn2cnc3ccsc3c2=O)s1. The molecule has 1 amide bonds. The quantitative estimate of drug-likeness (QED) is 0.682. The van der Waals surface area contributed by atoms with Crippen molar-refractivity contribution in [3.63, 3.8) is 0 Å². The fraction of sp³-hybridized carbons (Fsp3) is 0.250. The molecule has 124 valence electrons. The van der Waals surface area contributed by atoms with Gasteiger partial charge >= 0.3 is 0 Å². The first kappa shape index (κ1) is 16.5. The normalized spacial score (nSPS) is 10.9. The molecule has 1 N–H and O–H groups in total. The smallest absolute Gasteiger partial charge is 0.271 e. The van der Waals surface area contributed by atoms with Crippen LogP contribution in [0.3, 0.4) is 0 Å². The van der Waals surface area contributed by atoms with E-state index >= 15 is 0 Å². The summed E-state index contributed by atoms with van der Waals surface area (Å²) in [6.45, 7) is 1.99. The lowest BCUT2D eigenvalue weighted by Crippen LogP contribution is -2.23. The summed E-state index contributed by atoms with van der Waals surface area (Å²) in [5.74, 6) is -0.190. The molecule has 3 aromatic rings. The highest BCUT2D eigenvalue weighted by Gasteiger charge is 2.13. The lowest BCUT2D eigenvalue weighted by atomic mass is 10.3. The number of nitrogens with one attached hydrogen (secondary N) is 1. The van der Waals surface area contributed by atoms with Crippen LogP contribution < -0.4 is 10.9 Å². The van der Waals surface area contributed by atoms with Crippen molar-refractivity contribution >= 4 is 44.6 Å². The number of carbonyl (C=O) groups is 2. The van der Waals surface area contributed by atoms with Gasteiger partial charge in [-0.2, -0.15) is 0 Å². The average Bonchev–Trinajstić information content (AvgIpc) is 3.19. The molecule has 24 heavy (non-hydrogen) atoms. The Morgan fingerprint density at radius 2 is 2.12 bits per heavy atom. The second-order valence-electron chi connectivity index (χ2n) is 5.23. The Morgan fingerprint density at radius 1 is 1.29 bits per heavy atom. The fourth-order valence-electron chi connectivity index (χ4n) is 2.25.